The van der Waals surface area contributed by atoms with Gasteiger partial charge in [0.2, 0.25) is 0 Å². The minimum Gasteiger partial charge on any atom is -0.593 e. The highest BCUT2D eigenvalue weighted by Crippen LogP contribution is 2.34. The van der Waals surface area contributed by atoms with E-state index < -0.39 is 29.6 Å². The number of carboxylic acid groups (broad SMARTS) is 1. The Bertz CT molecular complexity index is 947. The fraction of sp³-hybridized carbons (Fsp3) is 0.381. The zero-order chi connectivity index (χ0) is 22.2. The van der Waals surface area contributed by atoms with Gasteiger partial charge in [-0.15, -0.1) is 17.5 Å². The molecule has 1 heterocycles. The van der Waals surface area contributed by atoms with Gasteiger partial charge >= 0.3 is 12.3 Å². The molecule has 0 spiro atoms. The van der Waals surface area contributed by atoms with Crippen molar-refractivity contribution in [3.8, 4) is 5.75 Å². The molecule has 1 aliphatic carbocycles. The number of aliphatic carboxylic acids is 1. The molecule has 2 atom stereocenters. The first kappa shape index (κ1) is 21.8. The molecule has 0 aromatic heterocycles. The van der Waals surface area contributed by atoms with Crippen LogP contribution in [0.1, 0.15) is 11.1 Å². The van der Waals surface area contributed by atoms with Crippen LogP contribution >= 0.6 is 0 Å². The summed E-state index contributed by atoms with van der Waals surface area (Å²) in [4.78, 5) is 14.0. The summed E-state index contributed by atoms with van der Waals surface area (Å²) in [5.41, 5.74) is 2.58. The molecule has 1 aliphatic heterocycles. The van der Waals surface area contributed by atoms with Crippen LogP contribution in [-0.2, 0) is 29.0 Å². The lowest BCUT2D eigenvalue weighted by atomic mass is 10.1. The second-order valence-electron chi connectivity index (χ2n) is 7.54. The molecule has 6 nitrogen and oxygen atoms in total. The first-order valence-electron chi connectivity index (χ1n) is 9.82. The fourth-order valence-corrected chi connectivity index (χ4v) is 5.46. The van der Waals surface area contributed by atoms with E-state index in [4.69, 9.17) is 0 Å². The van der Waals surface area contributed by atoms with E-state index in [-0.39, 0.29) is 5.75 Å². The molecule has 1 N–H and O–H groups in total. The van der Waals surface area contributed by atoms with Crippen molar-refractivity contribution in [3.63, 3.8) is 0 Å². The fourth-order valence-electron chi connectivity index (χ4n) is 4.07. The number of alkyl halides is 3. The van der Waals surface area contributed by atoms with Crippen molar-refractivity contribution in [2.45, 2.75) is 24.1 Å². The number of benzene rings is 2. The molecule has 2 aromatic rings. The van der Waals surface area contributed by atoms with Crippen LogP contribution in [0.3, 0.4) is 0 Å². The number of ether oxygens (including phenoxy) is 1. The van der Waals surface area contributed by atoms with E-state index >= 15 is 0 Å². The molecule has 0 saturated carbocycles. The van der Waals surface area contributed by atoms with Crippen LogP contribution in [-0.4, -0.2) is 52.5 Å². The Morgan fingerprint density at radius 3 is 2.35 bits per heavy atom. The van der Waals surface area contributed by atoms with Crippen LogP contribution in [0.5, 0.6) is 5.75 Å². The van der Waals surface area contributed by atoms with Crippen LogP contribution < -0.4 is 9.64 Å². The standard InChI is InChI=1S/C21H21F3N2O4S/c22-21(23,24)30-17-6-4-16(5-7-17)25-8-10-26(11-9-25)31(29)19-3-1-2-14-12-15(20(27)28)13-18(14)19/h1-7,15H,8-13H2,(H,27,28). The Balaban J connectivity index is 1.39. The first-order chi connectivity index (χ1) is 14.7. The highest BCUT2D eigenvalue weighted by Gasteiger charge is 2.35. The summed E-state index contributed by atoms with van der Waals surface area (Å²) < 4.78 is 55.9. The predicted octanol–water partition coefficient (Wildman–Crippen LogP) is 3.23. The lowest BCUT2D eigenvalue weighted by Gasteiger charge is -2.35. The van der Waals surface area contributed by atoms with Crippen LogP contribution in [0.25, 0.3) is 0 Å². The summed E-state index contributed by atoms with van der Waals surface area (Å²) in [6.45, 7) is 2.16. The van der Waals surface area contributed by atoms with Gasteiger partial charge in [0, 0.05) is 24.3 Å². The maximum Gasteiger partial charge on any atom is 0.573 e. The third-order valence-corrected chi connectivity index (χ3v) is 7.19. The summed E-state index contributed by atoms with van der Waals surface area (Å²) in [5, 5.41) is 9.32. The molecular weight excluding hydrogens is 433 g/mol. The maximum absolute atomic E-state index is 13.2. The highest BCUT2D eigenvalue weighted by molar-refractivity contribution is 7.89. The van der Waals surface area contributed by atoms with Gasteiger partial charge in [-0.05, 0) is 48.7 Å². The molecule has 0 bridgehead atoms. The number of halogens is 3. The normalized spacial score (nSPS) is 20.4. The van der Waals surface area contributed by atoms with Crippen LogP contribution in [0.4, 0.5) is 18.9 Å². The Kier molecular flexibility index (Phi) is 6.05. The monoisotopic (exact) mass is 454 g/mol. The van der Waals surface area contributed by atoms with E-state index in [0.29, 0.717) is 43.9 Å². The topological polar surface area (TPSA) is 76.1 Å². The van der Waals surface area contributed by atoms with Crippen molar-refractivity contribution >= 4 is 23.0 Å². The molecule has 0 radical (unpaired) electrons. The van der Waals surface area contributed by atoms with Crippen molar-refractivity contribution in [1.82, 2.24) is 4.31 Å². The van der Waals surface area contributed by atoms with Gasteiger partial charge in [-0.25, -0.2) is 0 Å². The average Bonchev–Trinajstić information content (AvgIpc) is 3.18. The Morgan fingerprint density at radius 1 is 1.06 bits per heavy atom. The molecule has 4 rings (SSSR count). The van der Waals surface area contributed by atoms with Gasteiger partial charge in [-0.2, -0.15) is 0 Å². The quantitative estimate of drug-likeness (QED) is 0.700. The Morgan fingerprint density at radius 2 is 1.74 bits per heavy atom. The van der Waals surface area contributed by atoms with E-state index in [9.17, 15) is 27.6 Å². The Hall–Kier alpha value is -2.43. The minimum atomic E-state index is -4.72. The molecule has 0 amide bonds. The van der Waals surface area contributed by atoms with Gasteiger partial charge in [-0.1, -0.05) is 12.1 Å². The lowest BCUT2D eigenvalue weighted by molar-refractivity contribution is -0.274. The SMILES string of the molecule is O=C(O)C1Cc2cccc([S+]([O-])N3CCN(c4ccc(OC(F)(F)F)cc4)CC3)c2C1. The van der Waals surface area contributed by atoms with E-state index in [1.807, 2.05) is 21.3 Å². The van der Waals surface area contributed by atoms with Gasteiger partial charge in [0.15, 0.2) is 4.90 Å². The number of hydrogen-bond acceptors (Lipinski definition) is 5. The van der Waals surface area contributed by atoms with E-state index in [0.717, 1.165) is 16.8 Å². The molecule has 166 valence electrons. The largest absolute Gasteiger partial charge is 0.593 e. The van der Waals surface area contributed by atoms with Crippen molar-refractivity contribution in [1.29, 1.82) is 0 Å². The summed E-state index contributed by atoms with van der Waals surface area (Å²) in [6, 6.07) is 11.2. The number of nitrogens with zero attached hydrogens (tertiary/aromatic N) is 2. The van der Waals surface area contributed by atoms with Crippen LogP contribution in [0.2, 0.25) is 0 Å². The first-order valence-corrected chi connectivity index (χ1v) is 10.9. The second kappa shape index (κ2) is 8.60. The summed E-state index contributed by atoms with van der Waals surface area (Å²) in [6.07, 6.45) is -3.88. The molecule has 2 aromatic carbocycles. The average molecular weight is 454 g/mol. The molecule has 1 saturated heterocycles. The highest BCUT2D eigenvalue weighted by atomic mass is 32.2. The van der Waals surface area contributed by atoms with Gasteiger partial charge in [0.25, 0.3) is 0 Å². The van der Waals surface area contributed by atoms with Gasteiger partial charge in [0.1, 0.15) is 5.75 Å². The molecular formula is C21H21F3N2O4S. The Labute approximate surface area is 180 Å². The van der Waals surface area contributed by atoms with Crippen LogP contribution in [0.15, 0.2) is 47.4 Å². The maximum atomic E-state index is 13.2. The van der Waals surface area contributed by atoms with Gasteiger partial charge in [0.05, 0.1) is 30.4 Å². The number of hydrogen-bond donors (Lipinski definition) is 1. The molecule has 1 fully saturated rings. The van der Waals surface area contributed by atoms with Gasteiger partial charge in [-0.3, -0.25) is 4.79 Å². The molecule has 2 aliphatic rings. The number of carboxylic acids is 1. The zero-order valence-electron chi connectivity index (χ0n) is 16.5. The lowest BCUT2D eigenvalue weighted by Crippen LogP contribution is -2.48. The van der Waals surface area contributed by atoms with Crippen molar-refractivity contribution in [3.05, 3.63) is 53.6 Å². The number of fused-ring (bicyclic) bond motifs is 1. The number of anilines is 1. The van der Waals surface area contributed by atoms with Gasteiger partial charge < -0.3 is 19.3 Å². The molecule has 2 unspecified atom stereocenters. The van der Waals surface area contributed by atoms with E-state index in [1.54, 1.807) is 18.2 Å². The zero-order valence-corrected chi connectivity index (χ0v) is 17.3. The summed E-state index contributed by atoms with van der Waals surface area (Å²) in [7, 11) is 0. The number of piperazine rings is 1. The van der Waals surface area contributed by atoms with Crippen molar-refractivity contribution in [2.24, 2.45) is 5.92 Å². The smallest absolute Gasteiger partial charge is 0.573 e. The van der Waals surface area contributed by atoms with Crippen molar-refractivity contribution in [2.75, 3.05) is 31.1 Å². The third kappa shape index (κ3) is 4.91. The van der Waals surface area contributed by atoms with E-state index in [2.05, 4.69) is 4.74 Å². The summed E-state index contributed by atoms with van der Waals surface area (Å²) >= 11 is -1.40. The third-order valence-electron chi connectivity index (χ3n) is 5.59. The van der Waals surface area contributed by atoms with Crippen molar-refractivity contribution < 1.29 is 32.4 Å². The molecule has 10 heteroatoms. The minimum absolute atomic E-state index is 0.270. The van der Waals surface area contributed by atoms with Crippen LogP contribution in [0, 0.1) is 5.92 Å². The van der Waals surface area contributed by atoms with E-state index in [1.165, 1.54) is 12.1 Å². The molecule has 31 heavy (non-hydrogen) atoms. The number of rotatable bonds is 5. The second-order valence-corrected chi connectivity index (χ2v) is 9.00. The summed E-state index contributed by atoms with van der Waals surface area (Å²) in [5.74, 6) is -1.59. The predicted molar refractivity (Wildman–Crippen MR) is 108 cm³/mol. The number of carbonyl (C=O) groups is 1.